The van der Waals surface area contributed by atoms with E-state index in [-0.39, 0.29) is 11.9 Å². The highest BCUT2D eigenvalue weighted by Crippen LogP contribution is 2.17. The largest absolute Gasteiger partial charge is 0.384 e. The van der Waals surface area contributed by atoms with Crippen LogP contribution in [0, 0.1) is 5.41 Å². The van der Waals surface area contributed by atoms with Crippen LogP contribution in [0.3, 0.4) is 0 Å². The molecule has 1 aromatic carbocycles. The third-order valence-electron chi connectivity index (χ3n) is 2.27. The number of anilines is 1. The molecule has 0 aromatic heterocycles. The van der Waals surface area contributed by atoms with Crippen LogP contribution < -0.4 is 14.8 Å². The SMILES string of the molecule is CC(C)NS(=O)(=O)N(C)c1cccc(C(=N)N)c1. The van der Waals surface area contributed by atoms with Gasteiger partial charge in [-0.1, -0.05) is 12.1 Å². The number of rotatable bonds is 5. The highest BCUT2D eigenvalue weighted by atomic mass is 32.2. The molecule has 0 saturated carbocycles. The molecular formula is C11H18N4O2S. The number of hydrogen-bond donors (Lipinski definition) is 3. The van der Waals surface area contributed by atoms with E-state index < -0.39 is 10.2 Å². The standard InChI is InChI=1S/C11H18N4O2S/c1-8(2)14-18(16,17)15(3)10-6-4-5-9(7-10)11(12)13/h4-8,14H,1-3H3,(H3,12,13). The van der Waals surface area contributed by atoms with E-state index in [0.717, 1.165) is 4.31 Å². The molecular weight excluding hydrogens is 252 g/mol. The van der Waals surface area contributed by atoms with Crippen molar-refractivity contribution in [1.29, 1.82) is 5.41 Å². The summed E-state index contributed by atoms with van der Waals surface area (Å²) in [6.07, 6.45) is 0. The Labute approximate surface area is 107 Å². The van der Waals surface area contributed by atoms with Crippen molar-refractivity contribution in [2.45, 2.75) is 19.9 Å². The molecule has 0 aliphatic rings. The first-order chi connectivity index (χ1) is 8.24. The van der Waals surface area contributed by atoms with Crippen molar-refractivity contribution in [3.05, 3.63) is 29.8 Å². The van der Waals surface area contributed by atoms with Crippen LogP contribution in [0.5, 0.6) is 0 Å². The molecule has 1 rings (SSSR count). The highest BCUT2D eigenvalue weighted by molar-refractivity contribution is 7.90. The summed E-state index contributed by atoms with van der Waals surface area (Å²) in [7, 11) is -2.13. The van der Waals surface area contributed by atoms with Crippen molar-refractivity contribution < 1.29 is 8.42 Å². The van der Waals surface area contributed by atoms with Gasteiger partial charge in [-0.15, -0.1) is 0 Å². The molecule has 0 amide bonds. The van der Waals surface area contributed by atoms with E-state index in [1.54, 1.807) is 38.1 Å². The molecule has 0 aliphatic heterocycles. The Bertz CT molecular complexity index is 540. The quantitative estimate of drug-likeness (QED) is 0.541. The zero-order valence-electron chi connectivity index (χ0n) is 10.6. The number of amidine groups is 1. The van der Waals surface area contributed by atoms with Gasteiger partial charge in [0.05, 0.1) is 5.69 Å². The lowest BCUT2D eigenvalue weighted by Crippen LogP contribution is -2.41. The maximum atomic E-state index is 12.0. The fourth-order valence-electron chi connectivity index (χ4n) is 1.39. The zero-order chi connectivity index (χ0) is 13.9. The first-order valence-electron chi connectivity index (χ1n) is 5.44. The van der Waals surface area contributed by atoms with Crippen molar-refractivity contribution >= 4 is 21.7 Å². The van der Waals surface area contributed by atoms with E-state index in [1.165, 1.54) is 7.05 Å². The molecule has 4 N–H and O–H groups in total. The van der Waals surface area contributed by atoms with Crippen LogP contribution in [0.25, 0.3) is 0 Å². The molecule has 6 nitrogen and oxygen atoms in total. The van der Waals surface area contributed by atoms with Crippen molar-refractivity contribution in [2.75, 3.05) is 11.4 Å². The average Bonchev–Trinajstić information content (AvgIpc) is 2.26. The Morgan fingerprint density at radius 3 is 2.56 bits per heavy atom. The first-order valence-corrected chi connectivity index (χ1v) is 6.88. The topological polar surface area (TPSA) is 99.3 Å². The van der Waals surface area contributed by atoms with Gasteiger partial charge in [0.2, 0.25) is 0 Å². The van der Waals surface area contributed by atoms with Gasteiger partial charge >= 0.3 is 10.2 Å². The molecule has 0 saturated heterocycles. The monoisotopic (exact) mass is 270 g/mol. The van der Waals surface area contributed by atoms with Gasteiger partial charge in [-0.3, -0.25) is 9.71 Å². The first kappa shape index (κ1) is 14.5. The molecule has 7 heteroatoms. The smallest absolute Gasteiger partial charge is 0.301 e. The second kappa shape index (κ2) is 5.36. The fourth-order valence-corrected chi connectivity index (χ4v) is 2.53. The lowest BCUT2D eigenvalue weighted by molar-refractivity contribution is 0.568. The lowest BCUT2D eigenvalue weighted by atomic mass is 10.2. The number of nitrogen functional groups attached to an aromatic ring is 1. The van der Waals surface area contributed by atoms with Crippen LogP contribution in [0.1, 0.15) is 19.4 Å². The molecule has 0 spiro atoms. The predicted molar refractivity (Wildman–Crippen MR) is 73.1 cm³/mol. The number of nitrogens with one attached hydrogen (secondary N) is 2. The molecule has 0 bridgehead atoms. The molecule has 0 radical (unpaired) electrons. The van der Waals surface area contributed by atoms with Crippen LogP contribution in [0.2, 0.25) is 0 Å². The third kappa shape index (κ3) is 3.44. The molecule has 18 heavy (non-hydrogen) atoms. The van der Waals surface area contributed by atoms with Gasteiger partial charge in [0.15, 0.2) is 0 Å². The summed E-state index contributed by atoms with van der Waals surface area (Å²) in [6.45, 7) is 3.49. The molecule has 0 fully saturated rings. The Kier molecular flexibility index (Phi) is 4.31. The maximum Gasteiger partial charge on any atom is 0.301 e. The third-order valence-corrected chi connectivity index (χ3v) is 3.97. The molecule has 100 valence electrons. The summed E-state index contributed by atoms with van der Waals surface area (Å²) in [4.78, 5) is 0. The second-order valence-corrected chi connectivity index (χ2v) is 5.94. The maximum absolute atomic E-state index is 12.0. The van der Waals surface area contributed by atoms with E-state index >= 15 is 0 Å². The molecule has 0 aliphatic carbocycles. The Morgan fingerprint density at radius 1 is 1.44 bits per heavy atom. The predicted octanol–water partition coefficient (Wildman–Crippen LogP) is 0.650. The van der Waals surface area contributed by atoms with Gasteiger partial charge in [-0.2, -0.15) is 13.1 Å². The van der Waals surface area contributed by atoms with Crippen LogP contribution in [-0.2, 0) is 10.2 Å². The Balaban J connectivity index is 3.07. The number of nitrogens with zero attached hydrogens (tertiary/aromatic N) is 1. The average molecular weight is 270 g/mol. The fraction of sp³-hybridized carbons (Fsp3) is 0.364. The van der Waals surface area contributed by atoms with E-state index in [1.807, 2.05) is 0 Å². The van der Waals surface area contributed by atoms with Gasteiger partial charge in [-0.05, 0) is 26.0 Å². The van der Waals surface area contributed by atoms with Gasteiger partial charge < -0.3 is 5.73 Å². The number of benzene rings is 1. The summed E-state index contributed by atoms with van der Waals surface area (Å²) in [6, 6.07) is 6.33. The summed E-state index contributed by atoms with van der Waals surface area (Å²) >= 11 is 0. The summed E-state index contributed by atoms with van der Waals surface area (Å²) in [5.41, 5.74) is 6.31. The van der Waals surface area contributed by atoms with Crippen LogP contribution in [-0.4, -0.2) is 27.3 Å². The van der Waals surface area contributed by atoms with Crippen LogP contribution >= 0.6 is 0 Å². The summed E-state index contributed by atoms with van der Waals surface area (Å²) in [5, 5.41) is 7.34. The molecule has 0 unspecified atom stereocenters. The Morgan fingerprint density at radius 2 is 2.06 bits per heavy atom. The second-order valence-electron chi connectivity index (χ2n) is 4.21. The van der Waals surface area contributed by atoms with Gasteiger partial charge in [0.25, 0.3) is 0 Å². The summed E-state index contributed by atoms with van der Waals surface area (Å²) < 4.78 is 27.5. The van der Waals surface area contributed by atoms with Crippen molar-refractivity contribution in [2.24, 2.45) is 5.73 Å². The highest BCUT2D eigenvalue weighted by Gasteiger charge is 2.19. The molecule has 0 atom stereocenters. The Hall–Kier alpha value is -1.60. The zero-order valence-corrected chi connectivity index (χ0v) is 11.5. The van der Waals surface area contributed by atoms with Gasteiger partial charge in [0, 0.05) is 18.7 Å². The van der Waals surface area contributed by atoms with E-state index in [0.29, 0.717) is 11.3 Å². The van der Waals surface area contributed by atoms with E-state index in [4.69, 9.17) is 11.1 Å². The number of hydrogen-bond acceptors (Lipinski definition) is 3. The van der Waals surface area contributed by atoms with Crippen molar-refractivity contribution in [1.82, 2.24) is 4.72 Å². The minimum Gasteiger partial charge on any atom is -0.384 e. The molecule has 0 heterocycles. The number of nitrogens with two attached hydrogens (primary N) is 1. The van der Waals surface area contributed by atoms with Crippen LogP contribution in [0.4, 0.5) is 5.69 Å². The molecule has 1 aromatic rings. The van der Waals surface area contributed by atoms with E-state index in [9.17, 15) is 8.42 Å². The van der Waals surface area contributed by atoms with E-state index in [2.05, 4.69) is 4.72 Å². The van der Waals surface area contributed by atoms with Gasteiger partial charge in [0.1, 0.15) is 5.84 Å². The van der Waals surface area contributed by atoms with Crippen molar-refractivity contribution in [3.63, 3.8) is 0 Å². The minimum atomic E-state index is -3.58. The minimum absolute atomic E-state index is 0.0977. The summed E-state index contributed by atoms with van der Waals surface area (Å²) in [5.74, 6) is -0.0977. The van der Waals surface area contributed by atoms with Crippen LogP contribution in [0.15, 0.2) is 24.3 Å². The lowest BCUT2D eigenvalue weighted by Gasteiger charge is -2.21. The van der Waals surface area contributed by atoms with Gasteiger partial charge in [-0.25, -0.2) is 0 Å². The normalized spacial score (nSPS) is 11.6. The van der Waals surface area contributed by atoms with Crippen molar-refractivity contribution in [3.8, 4) is 0 Å².